The summed E-state index contributed by atoms with van der Waals surface area (Å²) in [5.41, 5.74) is 0.709. The molecule has 1 heterocycles. The minimum Gasteiger partial charge on any atom is -0.469 e. The van der Waals surface area contributed by atoms with E-state index in [9.17, 15) is 9.59 Å². The van der Waals surface area contributed by atoms with Crippen molar-refractivity contribution in [3.8, 4) is 0 Å². The molecule has 0 bridgehead atoms. The van der Waals surface area contributed by atoms with Crippen molar-refractivity contribution < 1.29 is 19.1 Å². The number of esters is 1. The molecule has 6 heteroatoms. The molecule has 1 unspecified atom stereocenters. The van der Waals surface area contributed by atoms with E-state index in [1.807, 2.05) is 0 Å². The lowest BCUT2D eigenvalue weighted by Crippen LogP contribution is -2.14. The third-order valence-corrected chi connectivity index (χ3v) is 2.87. The van der Waals surface area contributed by atoms with Crippen molar-refractivity contribution in [2.24, 2.45) is 0 Å². The van der Waals surface area contributed by atoms with Crippen LogP contribution in [0.2, 0.25) is 0 Å². The topological polar surface area (TPSA) is 57.5 Å². The van der Waals surface area contributed by atoms with E-state index in [2.05, 4.69) is 20.7 Å². The maximum absolute atomic E-state index is 11.2. The summed E-state index contributed by atoms with van der Waals surface area (Å²) in [5, 5.41) is 0. The van der Waals surface area contributed by atoms with Gasteiger partial charge in [-0.25, -0.2) is 0 Å². The molecule has 0 aliphatic heterocycles. The Morgan fingerprint density at radius 1 is 1.69 bits per heavy atom. The molecule has 0 saturated carbocycles. The first-order valence-electron chi connectivity index (χ1n) is 4.61. The minimum atomic E-state index is -0.455. The zero-order chi connectivity index (χ0) is 12.1. The quantitative estimate of drug-likeness (QED) is 0.611. The molecule has 1 aromatic rings. The molecule has 0 N–H and O–H groups in total. The van der Waals surface area contributed by atoms with Gasteiger partial charge >= 0.3 is 5.97 Å². The molecule has 0 aromatic carbocycles. The summed E-state index contributed by atoms with van der Waals surface area (Å²) in [4.78, 5) is 21.4. The Morgan fingerprint density at radius 2 is 2.38 bits per heavy atom. The molecule has 0 saturated heterocycles. The summed E-state index contributed by atoms with van der Waals surface area (Å²) in [5.74, 6) is -0.348. The molecule has 0 radical (unpaired) electrons. The molecule has 5 nitrogen and oxygen atoms in total. The maximum Gasteiger partial charge on any atom is 0.311 e. The average molecular weight is 290 g/mol. The van der Waals surface area contributed by atoms with E-state index in [0.717, 1.165) is 4.47 Å². The van der Waals surface area contributed by atoms with E-state index in [1.54, 1.807) is 23.8 Å². The second kappa shape index (κ2) is 5.69. The van der Waals surface area contributed by atoms with Crippen LogP contribution in [0.15, 0.2) is 16.7 Å². The fraction of sp³-hybridized carbons (Fsp3) is 0.400. The van der Waals surface area contributed by atoms with Gasteiger partial charge in [0.2, 0.25) is 0 Å². The molecule has 1 rings (SSSR count). The molecule has 0 amide bonds. The molecule has 0 aliphatic rings. The van der Waals surface area contributed by atoms with Crippen molar-refractivity contribution in [3.05, 3.63) is 22.4 Å². The van der Waals surface area contributed by atoms with Crippen molar-refractivity contribution in [3.63, 3.8) is 0 Å². The standard InChI is InChI=1S/C10H12BrNO4/c1-7(16-6-13)12-4-3-8(11)9(12)5-10(14)15-2/h3-4,6-7H,5H2,1-2H3. The SMILES string of the molecule is COC(=O)Cc1c(Br)ccn1C(C)OC=O. The van der Waals surface area contributed by atoms with Crippen molar-refractivity contribution in [2.45, 2.75) is 19.6 Å². The Kier molecular flexibility index (Phi) is 4.54. The van der Waals surface area contributed by atoms with Crippen LogP contribution in [0.1, 0.15) is 18.8 Å². The van der Waals surface area contributed by atoms with Gasteiger partial charge in [0.05, 0.1) is 13.5 Å². The van der Waals surface area contributed by atoms with Crippen LogP contribution in [-0.2, 0) is 25.5 Å². The largest absolute Gasteiger partial charge is 0.469 e. The van der Waals surface area contributed by atoms with E-state index in [-0.39, 0.29) is 12.4 Å². The first-order valence-corrected chi connectivity index (χ1v) is 5.40. The van der Waals surface area contributed by atoms with E-state index >= 15 is 0 Å². The van der Waals surface area contributed by atoms with Gasteiger partial charge in [0, 0.05) is 16.4 Å². The smallest absolute Gasteiger partial charge is 0.311 e. The van der Waals surface area contributed by atoms with Crippen LogP contribution in [0.5, 0.6) is 0 Å². The van der Waals surface area contributed by atoms with Gasteiger partial charge in [0.1, 0.15) is 0 Å². The zero-order valence-electron chi connectivity index (χ0n) is 8.97. The number of carbonyl (C=O) groups is 2. The highest BCUT2D eigenvalue weighted by molar-refractivity contribution is 9.10. The highest BCUT2D eigenvalue weighted by Gasteiger charge is 2.16. The van der Waals surface area contributed by atoms with Gasteiger partial charge in [0.25, 0.3) is 6.47 Å². The van der Waals surface area contributed by atoms with Crippen LogP contribution in [0, 0.1) is 0 Å². The first-order chi connectivity index (χ1) is 7.60. The molecular formula is C10H12BrNO4. The van der Waals surface area contributed by atoms with Gasteiger partial charge in [-0.05, 0) is 28.9 Å². The maximum atomic E-state index is 11.2. The Bertz CT molecular complexity index is 388. The lowest BCUT2D eigenvalue weighted by molar-refractivity contribution is -0.140. The van der Waals surface area contributed by atoms with Crippen molar-refractivity contribution in [2.75, 3.05) is 7.11 Å². The number of methoxy groups -OCH3 is 1. The lowest BCUT2D eigenvalue weighted by atomic mass is 10.3. The third kappa shape index (κ3) is 2.85. The first kappa shape index (κ1) is 12.8. The highest BCUT2D eigenvalue weighted by Crippen LogP contribution is 2.23. The zero-order valence-corrected chi connectivity index (χ0v) is 10.6. The monoisotopic (exact) mass is 289 g/mol. The molecular weight excluding hydrogens is 278 g/mol. The predicted molar refractivity (Wildman–Crippen MR) is 59.7 cm³/mol. The molecule has 1 atom stereocenters. The highest BCUT2D eigenvalue weighted by atomic mass is 79.9. The fourth-order valence-corrected chi connectivity index (χ4v) is 1.79. The van der Waals surface area contributed by atoms with Crippen LogP contribution < -0.4 is 0 Å². The molecule has 0 fully saturated rings. The Hall–Kier alpha value is -1.30. The van der Waals surface area contributed by atoms with Crippen LogP contribution in [0.4, 0.5) is 0 Å². The van der Waals surface area contributed by atoms with Gasteiger partial charge in [-0.15, -0.1) is 0 Å². The van der Waals surface area contributed by atoms with E-state index in [1.165, 1.54) is 7.11 Å². The second-order valence-corrected chi connectivity index (χ2v) is 3.96. The number of rotatable bonds is 5. The van der Waals surface area contributed by atoms with Gasteiger partial charge in [-0.3, -0.25) is 9.59 Å². The van der Waals surface area contributed by atoms with Crippen LogP contribution in [0.3, 0.4) is 0 Å². The predicted octanol–water partition coefficient (Wildman–Crippen LogP) is 1.66. The van der Waals surface area contributed by atoms with E-state index < -0.39 is 6.23 Å². The average Bonchev–Trinajstić information content (AvgIpc) is 2.61. The summed E-state index contributed by atoms with van der Waals surface area (Å²) in [6.45, 7) is 2.09. The summed E-state index contributed by atoms with van der Waals surface area (Å²) in [6, 6.07) is 1.78. The molecule has 88 valence electrons. The van der Waals surface area contributed by atoms with E-state index in [4.69, 9.17) is 4.74 Å². The number of ether oxygens (including phenoxy) is 2. The second-order valence-electron chi connectivity index (χ2n) is 3.10. The van der Waals surface area contributed by atoms with Crippen molar-refractivity contribution in [1.29, 1.82) is 0 Å². The molecule has 0 spiro atoms. The minimum absolute atomic E-state index is 0.122. The van der Waals surface area contributed by atoms with Crippen molar-refractivity contribution >= 4 is 28.4 Å². The Labute approximate surface area is 101 Å². The summed E-state index contributed by atoms with van der Waals surface area (Å²) in [7, 11) is 1.33. The molecule has 16 heavy (non-hydrogen) atoms. The normalized spacial score (nSPS) is 11.9. The van der Waals surface area contributed by atoms with Gasteiger partial charge in [-0.1, -0.05) is 0 Å². The summed E-state index contributed by atoms with van der Waals surface area (Å²) >= 11 is 3.32. The Balaban J connectivity index is 2.93. The number of nitrogens with zero attached hydrogens (tertiary/aromatic N) is 1. The van der Waals surface area contributed by atoms with Gasteiger partial charge < -0.3 is 14.0 Å². The van der Waals surface area contributed by atoms with Gasteiger partial charge in [0.15, 0.2) is 6.23 Å². The molecule has 0 aliphatic carbocycles. The number of carbonyl (C=O) groups excluding carboxylic acids is 2. The van der Waals surface area contributed by atoms with E-state index in [0.29, 0.717) is 12.2 Å². The summed E-state index contributed by atoms with van der Waals surface area (Å²) < 4.78 is 11.9. The third-order valence-electron chi connectivity index (χ3n) is 2.15. The number of halogens is 1. The Morgan fingerprint density at radius 3 is 2.94 bits per heavy atom. The van der Waals surface area contributed by atoms with Crippen LogP contribution in [0.25, 0.3) is 0 Å². The van der Waals surface area contributed by atoms with Crippen LogP contribution in [-0.4, -0.2) is 24.1 Å². The van der Waals surface area contributed by atoms with Crippen LogP contribution >= 0.6 is 15.9 Å². The lowest BCUT2D eigenvalue weighted by Gasteiger charge is -2.15. The van der Waals surface area contributed by atoms with Crippen molar-refractivity contribution in [1.82, 2.24) is 4.57 Å². The number of hydrogen-bond acceptors (Lipinski definition) is 4. The number of aromatic nitrogens is 1. The molecule has 1 aromatic heterocycles. The fourth-order valence-electron chi connectivity index (χ4n) is 1.33. The number of hydrogen-bond donors (Lipinski definition) is 0. The van der Waals surface area contributed by atoms with Gasteiger partial charge in [-0.2, -0.15) is 0 Å². The summed E-state index contributed by atoms with van der Waals surface area (Å²) in [6.07, 6.45) is 1.40.